The van der Waals surface area contributed by atoms with Gasteiger partial charge in [-0.2, -0.15) is 0 Å². The molecule has 1 amide bonds. The summed E-state index contributed by atoms with van der Waals surface area (Å²) in [5.74, 6) is -2.55. The zero-order valence-electron chi connectivity index (χ0n) is 41.3. The van der Waals surface area contributed by atoms with Crippen molar-refractivity contribution < 1.29 is 47.8 Å². The van der Waals surface area contributed by atoms with E-state index in [4.69, 9.17) is 13.8 Å². The molecule has 0 aliphatic heterocycles. The largest absolute Gasteiger partial charge is 0.480 e. The number of carboxylic acid groups (broad SMARTS) is 1. The second-order valence-corrected chi connectivity index (χ2v) is 17.4. The van der Waals surface area contributed by atoms with Gasteiger partial charge < -0.3 is 25.2 Å². The Balaban J connectivity index is 4.01. The third-order valence-corrected chi connectivity index (χ3v) is 10.6. The van der Waals surface area contributed by atoms with Gasteiger partial charge in [-0.05, 0) is 96.3 Å². The van der Waals surface area contributed by atoms with Crippen LogP contribution in [0.4, 0.5) is 0 Å². The van der Waals surface area contributed by atoms with Crippen LogP contribution in [0.25, 0.3) is 0 Å². The Labute approximate surface area is 410 Å². The van der Waals surface area contributed by atoms with Gasteiger partial charge in [-0.3, -0.25) is 18.6 Å². The molecule has 3 atom stereocenters. The zero-order chi connectivity index (χ0) is 49.9. The van der Waals surface area contributed by atoms with Crippen molar-refractivity contribution in [2.75, 3.05) is 19.8 Å². The Morgan fingerprint density at radius 1 is 0.485 bits per heavy atom. The van der Waals surface area contributed by atoms with E-state index in [0.29, 0.717) is 12.8 Å². The summed E-state index contributed by atoms with van der Waals surface area (Å²) >= 11 is 0. The van der Waals surface area contributed by atoms with Crippen LogP contribution in [-0.2, 0) is 32.7 Å². The van der Waals surface area contributed by atoms with Gasteiger partial charge in [0.05, 0.1) is 19.6 Å². The average molecular weight is 964 g/mol. The number of amides is 1. The number of rotatable bonds is 44. The van der Waals surface area contributed by atoms with Gasteiger partial charge in [0.25, 0.3) is 0 Å². The fourth-order valence-electron chi connectivity index (χ4n) is 5.90. The van der Waals surface area contributed by atoms with Gasteiger partial charge in [-0.1, -0.05) is 192 Å². The number of aliphatic hydroxyl groups is 1. The van der Waals surface area contributed by atoms with E-state index in [0.717, 1.165) is 116 Å². The Kier molecular flexibility index (Phi) is 45.5. The minimum absolute atomic E-state index is 0.0203. The number of carbonyl (C=O) groups is 3. The first-order chi connectivity index (χ1) is 33.1. The first-order valence-corrected chi connectivity index (χ1v) is 26.4. The molecule has 4 N–H and O–H groups in total. The Morgan fingerprint density at radius 3 is 1.25 bits per heavy atom. The predicted molar refractivity (Wildman–Crippen MR) is 281 cm³/mol. The van der Waals surface area contributed by atoms with Crippen molar-refractivity contribution in [3.8, 4) is 0 Å². The third-order valence-electron chi connectivity index (χ3n) is 9.66. The molecule has 0 spiro atoms. The summed E-state index contributed by atoms with van der Waals surface area (Å²) in [4.78, 5) is 46.1. The maximum absolute atomic E-state index is 12.4. The highest BCUT2D eigenvalue weighted by molar-refractivity contribution is 7.47. The maximum atomic E-state index is 12.4. The lowest BCUT2D eigenvalue weighted by Crippen LogP contribution is -2.43. The molecule has 380 valence electrons. The highest BCUT2D eigenvalue weighted by atomic mass is 31.2. The van der Waals surface area contributed by atoms with Crippen LogP contribution < -0.4 is 5.32 Å². The number of hydrogen-bond donors (Lipinski definition) is 4. The molecular formula is C56H86NO10P. The zero-order valence-corrected chi connectivity index (χ0v) is 42.2. The number of allylic oxidation sites excluding steroid dienone is 23. The van der Waals surface area contributed by atoms with Gasteiger partial charge in [0.15, 0.2) is 6.04 Å². The lowest BCUT2D eigenvalue weighted by molar-refractivity contribution is -0.146. The molecule has 0 aromatic heterocycles. The summed E-state index contributed by atoms with van der Waals surface area (Å²) < 4.78 is 26.8. The molecule has 0 aromatic carbocycles. The smallest absolute Gasteiger partial charge is 0.472 e. The molecule has 0 aliphatic rings. The summed E-state index contributed by atoms with van der Waals surface area (Å²) in [5.41, 5.74) is 0. The van der Waals surface area contributed by atoms with Crippen molar-refractivity contribution in [3.63, 3.8) is 0 Å². The van der Waals surface area contributed by atoms with Crippen molar-refractivity contribution in [1.82, 2.24) is 5.32 Å². The van der Waals surface area contributed by atoms with Crippen molar-refractivity contribution >= 4 is 25.7 Å². The molecule has 0 heterocycles. The Morgan fingerprint density at radius 2 is 0.838 bits per heavy atom. The highest BCUT2D eigenvalue weighted by Crippen LogP contribution is 2.43. The first-order valence-electron chi connectivity index (χ1n) is 24.9. The molecule has 12 heteroatoms. The normalized spacial score (nSPS) is 14.8. The topological polar surface area (TPSA) is 169 Å². The van der Waals surface area contributed by atoms with E-state index in [1.807, 2.05) is 18.2 Å². The number of phosphoric ester groups is 1. The molecule has 0 saturated heterocycles. The fraction of sp³-hybridized carbons (Fsp3) is 0.518. The van der Waals surface area contributed by atoms with E-state index < -0.39 is 57.6 Å². The first kappa shape index (κ1) is 63.4. The molecule has 0 rings (SSSR count). The highest BCUT2D eigenvalue weighted by Gasteiger charge is 2.28. The number of carboxylic acids is 1. The minimum Gasteiger partial charge on any atom is -0.480 e. The Bertz CT molecular complexity index is 1700. The van der Waals surface area contributed by atoms with Gasteiger partial charge >= 0.3 is 19.8 Å². The molecule has 0 bridgehead atoms. The number of nitrogens with one attached hydrogen (secondary N) is 1. The van der Waals surface area contributed by atoms with Crippen LogP contribution in [0.3, 0.4) is 0 Å². The van der Waals surface area contributed by atoms with Crippen molar-refractivity contribution in [2.24, 2.45) is 0 Å². The predicted octanol–water partition coefficient (Wildman–Crippen LogP) is 13.9. The lowest BCUT2D eigenvalue weighted by atomic mass is 10.1. The molecule has 0 aliphatic carbocycles. The number of aliphatic hydroxyl groups excluding tert-OH is 1. The number of carbonyl (C=O) groups excluding carboxylic acids is 2. The SMILES string of the molecule is CC/C=C\C/C=C\C/C=C\C/C=C\C/C=C\C/C=C\C/C=C\CC(=O)OCC(O)COP(=O)(O)OCC(NC(=O)CCCCCCCCC/C=C\C/C=C\C/C=C\C/C=C\C/C=C\CC)C(=O)O. The van der Waals surface area contributed by atoms with Gasteiger partial charge in [0.1, 0.15) is 12.7 Å². The number of phosphoric acid groups is 1. The molecule has 11 nitrogen and oxygen atoms in total. The van der Waals surface area contributed by atoms with Gasteiger partial charge in [-0.15, -0.1) is 0 Å². The minimum atomic E-state index is -4.80. The molecule has 0 radical (unpaired) electrons. The summed E-state index contributed by atoms with van der Waals surface area (Å²) in [6.45, 7) is 2.24. The summed E-state index contributed by atoms with van der Waals surface area (Å²) in [5, 5.41) is 21.9. The van der Waals surface area contributed by atoms with Crippen LogP contribution in [0, 0.1) is 0 Å². The molecule has 3 unspecified atom stereocenters. The van der Waals surface area contributed by atoms with Crippen molar-refractivity contribution in [1.29, 1.82) is 0 Å². The van der Waals surface area contributed by atoms with Gasteiger partial charge in [0.2, 0.25) is 5.91 Å². The van der Waals surface area contributed by atoms with Crippen LogP contribution >= 0.6 is 7.82 Å². The van der Waals surface area contributed by atoms with Gasteiger partial charge in [-0.25, -0.2) is 9.36 Å². The standard InChI is InChI=1S/C56H86NO10P/c1-3-5-7-9-11-13-15-17-19-21-23-25-26-28-29-31-33-35-37-39-41-43-45-47-54(59)57-53(56(61)62)51-67-68(63,64)66-50-52(58)49-65-55(60)48-46-44-42-40-38-36-34-32-30-27-24-22-20-18-16-14-12-10-8-6-4-2/h5-8,11-14,17-20,23-25,27-29,32,34,38,40,44,46,52-53,58H,3-4,9-10,15-16,21-22,26,30-31,33,35-37,39,41-43,45,47-51H2,1-2H3,(H,57,59)(H,61,62)(H,63,64)/b7-5-,8-6-,13-11-,14-12-,19-17-,20-18-,25-23-,27-24-,29-28-,34-32-,40-38-,46-44-. The lowest BCUT2D eigenvalue weighted by Gasteiger charge is -2.18. The molecule has 0 aromatic rings. The number of unbranched alkanes of at least 4 members (excludes halogenated alkanes) is 7. The van der Waals surface area contributed by atoms with E-state index in [1.165, 1.54) is 0 Å². The number of aliphatic carboxylic acids is 1. The van der Waals surface area contributed by atoms with Crippen LogP contribution in [0.5, 0.6) is 0 Å². The van der Waals surface area contributed by atoms with E-state index in [1.54, 1.807) is 6.08 Å². The van der Waals surface area contributed by atoms with E-state index >= 15 is 0 Å². The number of hydrogen-bond acceptors (Lipinski definition) is 8. The second-order valence-electron chi connectivity index (χ2n) is 15.9. The van der Waals surface area contributed by atoms with E-state index in [2.05, 4.69) is 141 Å². The molecule has 68 heavy (non-hydrogen) atoms. The van der Waals surface area contributed by atoms with Crippen LogP contribution in [-0.4, -0.2) is 64.9 Å². The quantitative estimate of drug-likeness (QED) is 0.0200. The fourth-order valence-corrected chi connectivity index (χ4v) is 6.67. The van der Waals surface area contributed by atoms with Gasteiger partial charge in [0, 0.05) is 6.42 Å². The summed E-state index contributed by atoms with van der Waals surface area (Å²) in [6, 6.07) is -1.58. The average Bonchev–Trinajstić information content (AvgIpc) is 3.32. The molecular weight excluding hydrogens is 878 g/mol. The number of esters is 1. The monoisotopic (exact) mass is 964 g/mol. The van der Waals surface area contributed by atoms with Crippen molar-refractivity contribution in [2.45, 2.75) is 167 Å². The third kappa shape index (κ3) is 47.8. The summed E-state index contributed by atoms with van der Waals surface area (Å²) in [6.07, 6.45) is 68.9. The van der Waals surface area contributed by atoms with Crippen LogP contribution in [0.1, 0.15) is 155 Å². The second kappa shape index (κ2) is 48.8. The maximum Gasteiger partial charge on any atom is 0.472 e. The van der Waals surface area contributed by atoms with E-state index in [9.17, 15) is 34.1 Å². The van der Waals surface area contributed by atoms with Crippen LogP contribution in [0.15, 0.2) is 146 Å². The molecule has 0 saturated carbocycles. The Hall–Kier alpha value is -4.64. The molecule has 0 fully saturated rings. The summed E-state index contributed by atoms with van der Waals surface area (Å²) in [7, 11) is -4.80. The van der Waals surface area contributed by atoms with E-state index in [-0.39, 0.29) is 12.8 Å². The van der Waals surface area contributed by atoms with Crippen molar-refractivity contribution in [3.05, 3.63) is 146 Å². The van der Waals surface area contributed by atoms with Crippen LogP contribution in [0.2, 0.25) is 0 Å². The number of ether oxygens (including phenoxy) is 1.